The third-order valence-electron chi connectivity index (χ3n) is 8.24. The minimum Gasteiger partial charge on any atom is -0.297 e. The van der Waals surface area contributed by atoms with Gasteiger partial charge in [0.25, 0.3) is 0 Å². The van der Waals surface area contributed by atoms with E-state index in [0.717, 1.165) is 61.8 Å². The number of nitrogens with zero attached hydrogens (tertiary/aromatic N) is 6. The highest BCUT2D eigenvalue weighted by Crippen LogP contribution is 2.36. The lowest BCUT2D eigenvalue weighted by molar-refractivity contribution is -0.123. The molecular formula is C29H37N7O2. The molecule has 9 nitrogen and oxygen atoms in total. The van der Waals surface area contributed by atoms with E-state index in [1.165, 1.54) is 0 Å². The van der Waals surface area contributed by atoms with E-state index >= 15 is 0 Å². The number of allylic oxidation sites excluding steroid dienone is 1. The van der Waals surface area contributed by atoms with Crippen molar-refractivity contribution < 1.29 is 4.79 Å². The Labute approximate surface area is 223 Å². The molecule has 9 heteroatoms. The van der Waals surface area contributed by atoms with E-state index < -0.39 is 5.41 Å². The number of aromatic nitrogens is 6. The smallest absolute Gasteiger partial charge is 0.297 e. The van der Waals surface area contributed by atoms with Crippen molar-refractivity contribution in [1.82, 2.24) is 29.8 Å². The molecule has 200 valence electrons. The molecular weight excluding hydrogens is 478 g/mol. The van der Waals surface area contributed by atoms with E-state index in [-0.39, 0.29) is 23.4 Å². The van der Waals surface area contributed by atoms with Gasteiger partial charge in [-0.15, -0.1) is 10.2 Å². The normalized spacial score (nSPS) is 23.6. The fraction of sp³-hybridized carbons (Fsp3) is 0.517. The summed E-state index contributed by atoms with van der Waals surface area (Å²) in [6, 6.07) is 7.73. The monoisotopic (exact) mass is 515 g/mol. The summed E-state index contributed by atoms with van der Waals surface area (Å²) in [5.41, 5.74) is 2.35. The highest BCUT2D eigenvalue weighted by atomic mass is 16.2. The third-order valence-corrected chi connectivity index (χ3v) is 8.24. The molecule has 0 amide bonds. The molecule has 3 unspecified atom stereocenters. The number of tetrazole rings is 1. The number of carbonyl (C=O) groups is 1. The number of aliphatic imine (C=N–C) groups is 1. The quantitative estimate of drug-likeness (QED) is 0.411. The minimum absolute atomic E-state index is 0.0839. The number of ketones is 1. The number of unbranched alkanes of at least 4 members (excludes halogenated alkanes) is 1. The van der Waals surface area contributed by atoms with E-state index in [0.29, 0.717) is 25.2 Å². The molecule has 1 N–H and O–H groups in total. The van der Waals surface area contributed by atoms with Gasteiger partial charge in [0.1, 0.15) is 0 Å². The van der Waals surface area contributed by atoms with Crippen LogP contribution in [0.5, 0.6) is 0 Å². The third kappa shape index (κ3) is 5.06. The zero-order valence-corrected chi connectivity index (χ0v) is 22.3. The van der Waals surface area contributed by atoms with Crippen LogP contribution in [0.25, 0.3) is 11.4 Å². The predicted octanol–water partition coefficient (Wildman–Crippen LogP) is 4.81. The van der Waals surface area contributed by atoms with Gasteiger partial charge in [-0.05, 0) is 54.9 Å². The van der Waals surface area contributed by atoms with Crippen molar-refractivity contribution in [3.8, 4) is 11.4 Å². The Morgan fingerprint density at radius 2 is 2.08 bits per heavy atom. The number of H-pyrrole nitrogens is 1. The molecule has 0 radical (unpaired) electrons. The van der Waals surface area contributed by atoms with E-state index in [4.69, 9.17) is 0 Å². The Bertz CT molecular complexity index is 1370. The molecule has 3 aromatic rings. The lowest BCUT2D eigenvalue weighted by Gasteiger charge is -2.32. The van der Waals surface area contributed by atoms with Gasteiger partial charge in [0, 0.05) is 48.2 Å². The lowest BCUT2D eigenvalue weighted by Crippen LogP contribution is -2.39. The Balaban J connectivity index is 1.59. The standard InChI is InChI=1S/C29H37N7O2/c1-3-5-12-24-19-35(26-21(4-2)9-6-7-13-25(26)37)28(38)36(24)20-29(14-16-30-17-15-29)23-11-8-10-22(18-23)27-31-33-34-32-27/h8,10-11,14,16-19,21,26H,3-7,9,12-13,15,20H2,1-2H3,(H,31,32,33,34). The maximum absolute atomic E-state index is 14.2. The summed E-state index contributed by atoms with van der Waals surface area (Å²) < 4.78 is 3.70. The van der Waals surface area contributed by atoms with Crippen LogP contribution in [0.2, 0.25) is 0 Å². The second-order valence-corrected chi connectivity index (χ2v) is 10.6. The fourth-order valence-electron chi connectivity index (χ4n) is 6.04. The maximum atomic E-state index is 14.2. The van der Waals surface area contributed by atoms with Gasteiger partial charge in [0.05, 0.1) is 6.04 Å². The van der Waals surface area contributed by atoms with Crippen LogP contribution in [0.4, 0.5) is 0 Å². The average Bonchev–Trinajstić information content (AvgIpc) is 3.54. The first kappa shape index (κ1) is 26.0. The van der Waals surface area contributed by atoms with Crippen LogP contribution in [0.1, 0.15) is 82.5 Å². The van der Waals surface area contributed by atoms with Crippen molar-refractivity contribution in [2.75, 3.05) is 0 Å². The Hall–Kier alpha value is -3.62. The largest absolute Gasteiger partial charge is 0.329 e. The number of rotatable bonds is 9. The maximum Gasteiger partial charge on any atom is 0.329 e. The van der Waals surface area contributed by atoms with Gasteiger partial charge in [0.15, 0.2) is 5.78 Å². The van der Waals surface area contributed by atoms with Crippen molar-refractivity contribution in [2.24, 2.45) is 10.9 Å². The minimum atomic E-state index is -0.476. The predicted molar refractivity (Wildman–Crippen MR) is 147 cm³/mol. The summed E-state index contributed by atoms with van der Waals surface area (Å²) in [5.74, 6) is 0.919. The molecule has 5 rings (SSSR count). The number of hydrogen-bond donors (Lipinski definition) is 1. The first-order chi connectivity index (χ1) is 18.6. The zero-order chi connectivity index (χ0) is 26.5. The first-order valence-corrected chi connectivity index (χ1v) is 13.9. The molecule has 0 saturated heterocycles. The van der Waals surface area contributed by atoms with Crippen molar-refractivity contribution in [3.63, 3.8) is 0 Å². The van der Waals surface area contributed by atoms with Crippen molar-refractivity contribution in [2.45, 2.75) is 89.6 Å². The van der Waals surface area contributed by atoms with Crippen LogP contribution >= 0.6 is 0 Å². The summed E-state index contributed by atoms with van der Waals surface area (Å²) >= 11 is 0. The number of hydrogen-bond acceptors (Lipinski definition) is 6. The van der Waals surface area contributed by atoms with E-state index in [9.17, 15) is 9.59 Å². The second kappa shape index (κ2) is 11.4. The van der Waals surface area contributed by atoms with Gasteiger partial charge >= 0.3 is 5.69 Å². The van der Waals surface area contributed by atoms with Crippen LogP contribution in [-0.4, -0.2) is 41.8 Å². The number of carbonyl (C=O) groups excluding carboxylic acids is 1. The van der Waals surface area contributed by atoms with Gasteiger partial charge in [0.2, 0.25) is 5.82 Å². The Morgan fingerprint density at radius 3 is 2.82 bits per heavy atom. The van der Waals surface area contributed by atoms with Crippen LogP contribution < -0.4 is 5.69 Å². The molecule has 1 aliphatic carbocycles. The molecule has 0 bridgehead atoms. The van der Waals surface area contributed by atoms with Gasteiger partial charge in [-0.1, -0.05) is 57.4 Å². The van der Waals surface area contributed by atoms with Gasteiger partial charge in [-0.3, -0.25) is 18.9 Å². The second-order valence-electron chi connectivity index (χ2n) is 10.6. The van der Waals surface area contributed by atoms with Crippen molar-refractivity contribution >= 4 is 12.0 Å². The number of benzene rings is 1. The highest BCUT2D eigenvalue weighted by Gasteiger charge is 2.36. The number of nitrogens with one attached hydrogen (secondary N) is 1. The van der Waals surface area contributed by atoms with Crippen LogP contribution in [-0.2, 0) is 23.2 Å². The molecule has 0 spiro atoms. The molecule has 2 aliphatic rings. The fourth-order valence-corrected chi connectivity index (χ4v) is 6.04. The SMILES string of the molecule is CCCCc1cn(C2C(=O)CCCCC2CC)c(=O)n1CC1(c2cccc(-c3nn[nH]n3)c2)C=CN=CC1. The van der Waals surface area contributed by atoms with E-state index in [1.807, 2.05) is 35.3 Å². The molecule has 3 atom stereocenters. The van der Waals surface area contributed by atoms with E-state index in [2.05, 4.69) is 57.7 Å². The van der Waals surface area contributed by atoms with Crippen molar-refractivity contribution in [1.29, 1.82) is 0 Å². The highest BCUT2D eigenvalue weighted by molar-refractivity contribution is 5.83. The Morgan fingerprint density at radius 1 is 1.18 bits per heavy atom. The molecule has 3 heterocycles. The van der Waals surface area contributed by atoms with Gasteiger partial charge in [-0.25, -0.2) is 4.79 Å². The first-order valence-electron chi connectivity index (χ1n) is 13.9. The molecule has 2 aromatic heterocycles. The summed E-state index contributed by atoms with van der Waals surface area (Å²) in [5, 5.41) is 14.5. The zero-order valence-electron chi connectivity index (χ0n) is 22.3. The summed E-state index contributed by atoms with van der Waals surface area (Å²) in [7, 11) is 0. The lowest BCUT2D eigenvalue weighted by atomic mass is 9.76. The molecule has 1 aliphatic heterocycles. The molecule has 38 heavy (non-hydrogen) atoms. The summed E-state index contributed by atoms with van der Waals surface area (Å²) in [4.78, 5) is 31.8. The van der Waals surface area contributed by atoms with E-state index in [1.54, 1.807) is 4.57 Å². The number of imidazole rings is 1. The summed E-state index contributed by atoms with van der Waals surface area (Å²) in [6.45, 7) is 4.76. The number of aryl methyl sites for hydroxylation is 1. The van der Waals surface area contributed by atoms with Crippen LogP contribution in [0.3, 0.4) is 0 Å². The molecule has 1 aromatic carbocycles. The molecule has 1 fully saturated rings. The number of aromatic amines is 1. The molecule has 1 saturated carbocycles. The Kier molecular flexibility index (Phi) is 7.81. The topological polar surface area (TPSA) is 111 Å². The van der Waals surface area contributed by atoms with Crippen LogP contribution in [0.15, 0.2) is 52.5 Å². The number of Topliss-reactive ketones (excluding diaryl/α,β-unsaturated/α-hetero) is 1. The van der Waals surface area contributed by atoms with Gasteiger partial charge in [-0.2, -0.15) is 5.21 Å². The average molecular weight is 516 g/mol. The van der Waals surface area contributed by atoms with Crippen LogP contribution in [0, 0.1) is 5.92 Å². The van der Waals surface area contributed by atoms with Gasteiger partial charge < -0.3 is 0 Å². The summed E-state index contributed by atoms with van der Waals surface area (Å²) in [6.07, 6.45) is 15.7. The van der Waals surface area contributed by atoms with Crippen molar-refractivity contribution in [3.05, 3.63) is 64.5 Å².